The highest BCUT2D eigenvalue weighted by Crippen LogP contribution is 2.69. The number of rotatable bonds is 0. The van der Waals surface area contributed by atoms with Crippen molar-refractivity contribution in [3.05, 3.63) is 0 Å². The fourth-order valence-corrected chi connectivity index (χ4v) is 5.75. The Balaban J connectivity index is 2.02. The van der Waals surface area contributed by atoms with Crippen LogP contribution in [0.25, 0.3) is 0 Å². The van der Waals surface area contributed by atoms with E-state index in [1.165, 1.54) is 18.6 Å². The molecule has 2 heteroatoms. The summed E-state index contributed by atoms with van der Waals surface area (Å²) in [5.74, 6) is 2.03. The molecular formula is C12H20OS. The third kappa shape index (κ3) is 0.880. The van der Waals surface area contributed by atoms with Gasteiger partial charge in [-0.1, -0.05) is 20.8 Å². The highest BCUT2D eigenvalue weighted by Gasteiger charge is 2.67. The van der Waals surface area contributed by atoms with Gasteiger partial charge in [-0.15, -0.1) is 0 Å². The average Bonchev–Trinajstić information content (AvgIpc) is 2.49. The SMILES string of the molecule is CC1(C)C2CCC1(C)C1SCCOC21. The highest BCUT2D eigenvalue weighted by molar-refractivity contribution is 8.00. The van der Waals surface area contributed by atoms with Gasteiger partial charge in [0.15, 0.2) is 0 Å². The van der Waals surface area contributed by atoms with E-state index < -0.39 is 0 Å². The average molecular weight is 212 g/mol. The standard InChI is InChI=1S/C12H20OS/c1-11(2)8-4-5-12(11,3)10-9(8)13-6-7-14-10/h8-10H,4-7H2,1-3H3. The van der Waals surface area contributed by atoms with Gasteiger partial charge in [-0.2, -0.15) is 11.8 Å². The van der Waals surface area contributed by atoms with Crippen molar-refractivity contribution in [2.24, 2.45) is 16.7 Å². The van der Waals surface area contributed by atoms with Gasteiger partial charge in [0.2, 0.25) is 0 Å². The molecule has 14 heavy (non-hydrogen) atoms. The molecule has 3 aliphatic rings. The van der Waals surface area contributed by atoms with Gasteiger partial charge in [-0.25, -0.2) is 0 Å². The lowest BCUT2D eigenvalue weighted by molar-refractivity contribution is 0.0117. The minimum absolute atomic E-state index is 0.500. The smallest absolute Gasteiger partial charge is 0.0732 e. The summed E-state index contributed by atoms with van der Waals surface area (Å²) in [6.45, 7) is 8.41. The summed E-state index contributed by atoms with van der Waals surface area (Å²) < 4.78 is 6.02. The maximum absolute atomic E-state index is 6.02. The maximum Gasteiger partial charge on any atom is 0.0732 e. The first-order valence-electron chi connectivity index (χ1n) is 5.80. The van der Waals surface area contributed by atoms with Gasteiger partial charge >= 0.3 is 0 Å². The number of fused-ring (bicyclic) bond motifs is 5. The van der Waals surface area contributed by atoms with Crippen LogP contribution in [0.5, 0.6) is 0 Å². The van der Waals surface area contributed by atoms with Crippen molar-refractivity contribution in [3.8, 4) is 0 Å². The van der Waals surface area contributed by atoms with Gasteiger partial charge < -0.3 is 4.74 Å². The number of hydrogen-bond donors (Lipinski definition) is 0. The van der Waals surface area contributed by atoms with E-state index in [0.717, 1.165) is 17.8 Å². The molecule has 2 saturated carbocycles. The summed E-state index contributed by atoms with van der Waals surface area (Å²) in [4.78, 5) is 0. The summed E-state index contributed by atoms with van der Waals surface area (Å²) in [5, 5.41) is 0.782. The first kappa shape index (κ1) is 9.53. The summed E-state index contributed by atoms with van der Waals surface area (Å²) >= 11 is 2.17. The van der Waals surface area contributed by atoms with Crippen LogP contribution < -0.4 is 0 Å². The molecule has 0 radical (unpaired) electrons. The molecule has 0 aromatic carbocycles. The molecule has 0 spiro atoms. The third-order valence-electron chi connectivity index (χ3n) is 5.39. The van der Waals surface area contributed by atoms with Crippen LogP contribution in [0.4, 0.5) is 0 Å². The molecular weight excluding hydrogens is 192 g/mol. The number of thioether (sulfide) groups is 1. The van der Waals surface area contributed by atoms with E-state index in [1.54, 1.807) is 0 Å². The molecule has 4 unspecified atom stereocenters. The van der Waals surface area contributed by atoms with Crippen LogP contribution in [0.3, 0.4) is 0 Å². The first-order valence-corrected chi connectivity index (χ1v) is 6.85. The second-order valence-corrected chi connectivity index (χ2v) is 7.16. The van der Waals surface area contributed by atoms with Crippen LogP contribution in [0, 0.1) is 16.7 Å². The van der Waals surface area contributed by atoms with Gasteiger partial charge in [0.25, 0.3) is 0 Å². The van der Waals surface area contributed by atoms with E-state index in [1.807, 2.05) is 0 Å². The van der Waals surface area contributed by atoms with E-state index >= 15 is 0 Å². The summed E-state index contributed by atoms with van der Waals surface area (Å²) in [6.07, 6.45) is 3.38. The fourth-order valence-electron chi connectivity index (χ4n) is 4.06. The third-order valence-corrected chi connectivity index (χ3v) is 6.94. The quantitative estimate of drug-likeness (QED) is 0.610. The van der Waals surface area contributed by atoms with Gasteiger partial charge in [-0.05, 0) is 29.6 Å². The van der Waals surface area contributed by atoms with Crippen LogP contribution >= 0.6 is 11.8 Å². The second-order valence-electron chi connectivity index (χ2n) is 5.91. The Morgan fingerprint density at radius 3 is 2.79 bits per heavy atom. The molecule has 0 N–H and O–H groups in total. The minimum atomic E-state index is 0.500. The lowest BCUT2D eigenvalue weighted by Crippen LogP contribution is -2.41. The topological polar surface area (TPSA) is 9.23 Å². The number of ether oxygens (including phenoxy) is 1. The van der Waals surface area contributed by atoms with Crippen molar-refractivity contribution in [2.45, 2.75) is 45.0 Å². The van der Waals surface area contributed by atoms with Crippen molar-refractivity contribution in [1.29, 1.82) is 0 Å². The van der Waals surface area contributed by atoms with Gasteiger partial charge in [-0.3, -0.25) is 0 Å². The van der Waals surface area contributed by atoms with Gasteiger partial charge in [0.05, 0.1) is 12.7 Å². The Morgan fingerprint density at radius 1 is 1.29 bits per heavy atom. The van der Waals surface area contributed by atoms with E-state index in [4.69, 9.17) is 4.74 Å². The Kier molecular flexibility index (Phi) is 1.84. The Hall–Kier alpha value is 0.310. The largest absolute Gasteiger partial charge is 0.376 e. The van der Waals surface area contributed by atoms with Gasteiger partial charge in [0, 0.05) is 11.0 Å². The molecule has 2 bridgehead atoms. The van der Waals surface area contributed by atoms with E-state index in [2.05, 4.69) is 32.5 Å². The zero-order valence-corrected chi connectivity index (χ0v) is 10.2. The Morgan fingerprint density at radius 2 is 2.07 bits per heavy atom. The van der Waals surface area contributed by atoms with Crippen LogP contribution in [0.2, 0.25) is 0 Å². The lowest BCUT2D eigenvalue weighted by Gasteiger charge is -2.41. The zero-order valence-electron chi connectivity index (χ0n) is 9.38. The minimum Gasteiger partial charge on any atom is -0.376 e. The Labute approximate surface area is 91.0 Å². The van der Waals surface area contributed by atoms with E-state index in [-0.39, 0.29) is 0 Å². The number of hydrogen-bond acceptors (Lipinski definition) is 2. The molecule has 1 heterocycles. The molecule has 0 aromatic rings. The summed E-state index contributed by atoms with van der Waals surface area (Å²) in [6, 6.07) is 0. The molecule has 2 aliphatic carbocycles. The predicted molar refractivity (Wildman–Crippen MR) is 60.6 cm³/mol. The molecule has 4 atom stereocenters. The molecule has 1 aliphatic heterocycles. The molecule has 3 fully saturated rings. The normalized spacial score (nSPS) is 54.6. The molecule has 0 amide bonds. The molecule has 1 saturated heterocycles. The highest BCUT2D eigenvalue weighted by atomic mass is 32.2. The maximum atomic E-state index is 6.02. The fraction of sp³-hybridized carbons (Fsp3) is 1.00. The van der Waals surface area contributed by atoms with Crippen molar-refractivity contribution in [3.63, 3.8) is 0 Å². The lowest BCUT2D eigenvalue weighted by atomic mass is 9.71. The molecule has 80 valence electrons. The Bertz CT molecular complexity index is 263. The van der Waals surface area contributed by atoms with Crippen molar-refractivity contribution in [1.82, 2.24) is 0 Å². The molecule has 1 nitrogen and oxygen atoms in total. The first-order chi connectivity index (χ1) is 6.57. The van der Waals surface area contributed by atoms with Crippen molar-refractivity contribution in [2.75, 3.05) is 12.4 Å². The van der Waals surface area contributed by atoms with E-state index in [0.29, 0.717) is 16.9 Å². The van der Waals surface area contributed by atoms with Crippen LogP contribution in [-0.2, 0) is 4.74 Å². The molecule has 0 aromatic heterocycles. The van der Waals surface area contributed by atoms with Crippen LogP contribution in [-0.4, -0.2) is 23.7 Å². The van der Waals surface area contributed by atoms with Gasteiger partial charge in [0.1, 0.15) is 0 Å². The monoisotopic (exact) mass is 212 g/mol. The van der Waals surface area contributed by atoms with Crippen LogP contribution in [0.1, 0.15) is 33.6 Å². The summed E-state index contributed by atoms with van der Waals surface area (Å²) in [7, 11) is 0. The van der Waals surface area contributed by atoms with Crippen LogP contribution in [0.15, 0.2) is 0 Å². The van der Waals surface area contributed by atoms with Crippen molar-refractivity contribution < 1.29 is 4.74 Å². The van der Waals surface area contributed by atoms with Crippen molar-refractivity contribution >= 4 is 11.8 Å². The predicted octanol–water partition coefficient (Wildman–Crippen LogP) is 2.94. The summed E-state index contributed by atoms with van der Waals surface area (Å²) in [5.41, 5.74) is 1.03. The molecule has 3 rings (SSSR count). The zero-order chi connectivity index (χ0) is 9.97. The van der Waals surface area contributed by atoms with E-state index in [9.17, 15) is 0 Å². The second kappa shape index (κ2) is 2.70.